The van der Waals surface area contributed by atoms with E-state index in [1.165, 1.54) is 0 Å². The number of halogens is 1. The van der Waals surface area contributed by atoms with Crippen molar-refractivity contribution in [3.63, 3.8) is 0 Å². The number of nitrogens with one attached hydrogen (secondary N) is 1. The molecule has 1 N–H and O–H groups in total. The van der Waals surface area contributed by atoms with E-state index in [2.05, 4.69) is 43.0 Å². The summed E-state index contributed by atoms with van der Waals surface area (Å²) in [4.78, 5) is 10.8. The second-order valence-corrected chi connectivity index (χ2v) is 4.80. The maximum atomic E-state index is 5.44. The van der Waals surface area contributed by atoms with E-state index in [0.29, 0.717) is 6.04 Å². The molecular formula is C11H17BrN4O. The van der Waals surface area contributed by atoms with Gasteiger partial charge in [-0.25, -0.2) is 9.97 Å². The molecule has 2 heterocycles. The van der Waals surface area contributed by atoms with Crippen LogP contribution in [0.25, 0.3) is 0 Å². The third-order valence-corrected chi connectivity index (χ3v) is 3.49. The van der Waals surface area contributed by atoms with E-state index in [4.69, 9.17) is 4.74 Å². The Morgan fingerprint density at radius 1 is 1.59 bits per heavy atom. The van der Waals surface area contributed by atoms with Crippen molar-refractivity contribution in [2.45, 2.75) is 19.9 Å². The Kier molecular flexibility index (Phi) is 4.17. The highest BCUT2D eigenvalue weighted by molar-refractivity contribution is 9.10. The summed E-state index contributed by atoms with van der Waals surface area (Å²) in [5, 5.41) is 3.21. The summed E-state index contributed by atoms with van der Waals surface area (Å²) in [6.45, 7) is 7.38. The van der Waals surface area contributed by atoms with Crippen LogP contribution in [0.15, 0.2) is 10.8 Å². The lowest BCUT2D eigenvalue weighted by Gasteiger charge is -2.34. The fourth-order valence-corrected chi connectivity index (χ4v) is 2.47. The molecule has 1 aromatic rings. The fraction of sp³-hybridized carbons (Fsp3) is 0.636. The molecule has 2 rings (SSSR count). The number of morpholine rings is 1. The van der Waals surface area contributed by atoms with Gasteiger partial charge in [0.1, 0.15) is 22.4 Å². The van der Waals surface area contributed by atoms with Crippen LogP contribution < -0.4 is 10.2 Å². The zero-order valence-electron chi connectivity index (χ0n) is 10.1. The molecule has 0 amide bonds. The van der Waals surface area contributed by atoms with Gasteiger partial charge in [-0.05, 0) is 29.8 Å². The Balaban J connectivity index is 2.27. The first-order valence-corrected chi connectivity index (χ1v) is 6.62. The molecular weight excluding hydrogens is 284 g/mol. The van der Waals surface area contributed by atoms with Gasteiger partial charge < -0.3 is 15.0 Å². The van der Waals surface area contributed by atoms with E-state index < -0.39 is 0 Å². The van der Waals surface area contributed by atoms with Crippen molar-refractivity contribution in [3.8, 4) is 0 Å². The van der Waals surface area contributed by atoms with Gasteiger partial charge in [-0.3, -0.25) is 0 Å². The molecule has 1 fully saturated rings. The van der Waals surface area contributed by atoms with Crippen LogP contribution >= 0.6 is 15.9 Å². The van der Waals surface area contributed by atoms with E-state index in [1.54, 1.807) is 6.33 Å². The van der Waals surface area contributed by atoms with Gasteiger partial charge in [-0.15, -0.1) is 0 Å². The molecule has 0 aromatic carbocycles. The van der Waals surface area contributed by atoms with Crippen LogP contribution in [0.5, 0.6) is 0 Å². The predicted octanol–water partition coefficient (Wildman–Crippen LogP) is 1.90. The Labute approximate surface area is 110 Å². The average molecular weight is 301 g/mol. The Morgan fingerprint density at radius 3 is 3.12 bits per heavy atom. The first-order valence-electron chi connectivity index (χ1n) is 5.82. The third kappa shape index (κ3) is 2.69. The molecule has 1 aromatic heterocycles. The maximum absolute atomic E-state index is 5.44. The number of hydrogen-bond acceptors (Lipinski definition) is 5. The average Bonchev–Trinajstić information content (AvgIpc) is 2.33. The highest BCUT2D eigenvalue weighted by Gasteiger charge is 2.23. The molecule has 0 spiro atoms. The minimum atomic E-state index is 0.337. The van der Waals surface area contributed by atoms with Crippen molar-refractivity contribution < 1.29 is 4.74 Å². The van der Waals surface area contributed by atoms with Crippen LogP contribution in [0.1, 0.15) is 13.8 Å². The van der Waals surface area contributed by atoms with Gasteiger partial charge in [0.15, 0.2) is 0 Å². The van der Waals surface area contributed by atoms with Crippen molar-refractivity contribution in [3.05, 3.63) is 10.8 Å². The van der Waals surface area contributed by atoms with E-state index in [9.17, 15) is 0 Å². The zero-order valence-corrected chi connectivity index (χ0v) is 11.7. The van der Waals surface area contributed by atoms with Crippen molar-refractivity contribution in [2.24, 2.45) is 0 Å². The van der Waals surface area contributed by atoms with Gasteiger partial charge in [-0.1, -0.05) is 0 Å². The molecule has 0 radical (unpaired) electrons. The highest BCUT2D eigenvalue weighted by atomic mass is 79.9. The van der Waals surface area contributed by atoms with Crippen molar-refractivity contribution in [1.29, 1.82) is 0 Å². The summed E-state index contributed by atoms with van der Waals surface area (Å²) in [5.41, 5.74) is 0. The largest absolute Gasteiger partial charge is 0.377 e. The van der Waals surface area contributed by atoms with Crippen molar-refractivity contribution >= 4 is 27.6 Å². The van der Waals surface area contributed by atoms with E-state index in [1.807, 2.05) is 6.92 Å². The Bertz CT molecular complexity index is 388. The first-order chi connectivity index (χ1) is 8.24. The molecule has 1 saturated heterocycles. The summed E-state index contributed by atoms with van der Waals surface area (Å²) >= 11 is 3.58. The quantitative estimate of drug-likeness (QED) is 0.924. The molecule has 1 aliphatic heterocycles. The second-order valence-electron chi connectivity index (χ2n) is 4.01. The molecule has 17 heavy (non-hydrogen) atoms. The van der Waals surface area contributed by atoms with E-state index in [-0.39, 0.29) is 0 Å². The smallest absolute Gasteiger partial charge is 0.148 e. The minimum absolute atomic E-state index is 0.337. The summed E-state index contributed by atoms with van der Waals surface area (Å²) in [7, 11) is 0. The van der Waals surface area contributed by atoms with E-state index >= 15 is 0 Å². The normalized spacial score (nSPS) is 20.4. The number of aromatic nitrogens is 2. The molecule has 5 nitrogen and oxygen atoms in total. The molecule has 94 valence electrons. The van der Waals surface area contributed by atoms with Crippen LogP contribution in [0.3, 0.4) is 0 Å². The van der Waals surface area contributed by atoms with Crippen molar-refractivity contribution in [1.82, 2.24) is 9.97 Å². The first kappa shape index (κ1) is 12.6. The third-order valence-electron chi connectivity index (χ3n) is 2.75. The van der Waals surface area contributed by atoms with Gasteiger partial charge in [0, 0.05) is 13.1 Å². The molecule has 0 bridgehead atoms. The number of anilines is 2. The van der Waals surface area contributed by atoms with Crippen LogP contribution in [-0.4, -0.2) is 42.3 Å². The lowest BCUT2D eigenvalue weighted by molar-refractivity contribution is 0.0984. The van der Waals surface area contributed by atoms with Crippen LogP contribution in [0.2, 0.25) is 0 Å². The highest BCUT2D eigenvalue weighted by Crippen LogP contribution is 2.31. The molecule has 0 aliphatic carbocycles. The standard InChI is InChI=1S/C11H17BrN4O/c1-3-13-10-9(12)11(15-7-14-10)16-4-5-17-6-8(16)2/h7-8H,3-6H2,1-2H3,(H,13,14,15). The summed E-state index contributed by atoms with van der Waals surface area (Å²) in [6.07, 6.45) is 1.60. The molecule has 0 saturated carbocycles. The summed E-state index contributed by atoms with van der Waals surface area (Å²) in [5.74, 6) is 1.78. The molecule has 1 atom stereocenters. The lowest BCUT2D eigenvalue weighted by Crippen LogP contribution is -2.44. The molecule has 6 heteroatoms. The Morgan fingerprint density at radius 2 is 2.41 bits per heavy atom. The summed E-state index contributed by atoms with van der Waals surface area (Å²) < 4.78 is 6.36. The van der Waals surface area contributed by atoms with Crippen LogP contribution in [-0.2, 0) is 4.74 Å². The summed E-state index contributed by atoms with van der Waals surface area (Å²) in [6, 6.07) is 0.337. The Hall–Kier alpha value is -0.880. The fourth-order valence-electron chi connectivity index (χ4n) is 1.89. The predicted molar refractivity (Wildman–Crippen MR) is 71.5 cm³/mol. The monoisotopic (exact) mass is 300 g/mol. The van der Waals surface area contributed by atoms with Crippen LogP contribution in [0, 0.1) is 0 Å². The van der Waals surface area contributed by atoms with Gasteiger partial charge in [0.25, 0.3) is 0 Å². The SMILES string of the molecule is CCNc1ncnc(N2CCOCC2C)c1Br. The van der Waals surface area contributed by atoms with Gasteiger partial charge >= 0.3 is 0 Å². The van der Waals surface area contributed by atoms with E-state index in [0.717, 1.165) is 42.4 Å². The van der Waals surface area contributed by atoms with Gasteiger partial charge in [0.05, 0.1) is 19.3 Å². The number of hydrogen-bond donors (Lipinski definition) is 1. The van der Waals surface area contributed by atoms with Crippen molar-refractivity contribution in [2.75, 3.05) is 36.5 Å². The number of rotatable bonds is 3. The topological polar surface area (TPSA) is 50.3 Å². The molecule has 1 aliphatic rings. The minimum Gasteiger partial charge on any atom is -0.377 e. The van der Waals surface area contributed by atoms with Gasteiger partial charge in [-0.2, -0.15) is 0 Å². The van der Waals surface area contributed by atoms with Gasteiger partial charge in [0.2, 0.25) is 0 Å². The maximum Gasteiger partial charge on any atom is 0.148 e. The number of ether oxygens (including phenoxy) is 1. The molecule has 1 unspecified atom stereocenters. The lowest BCUT2D eigenvalue weighted by atomic mass is 10.2. The van der Waals surface area contributed by atoms with Crippen LogP contribution in [0.4, 0.5) is 11.6 Å². The zero-order chi connectivity index (χ0) is 12.3. The number of nitrogens with zero attached hydrogens (tertiary/aromatic N) is 3. The second kappa shape index (κ2) is 5.64.